The van der Waals surface area contributed by atoms with E-state index in [4.69, 9.17) is 0 Å². The molecule has 0 atom stereocenters. The van der Waals surface area contributed by atoms with E-state index in [2.05, 4.69) is 24.9 Å². The van der Waals surface area contributed by atoms with Gasteiger partial charge in [0.15, 0.2) is 0 Å². The number of carbonyl (C=O) groups excluding carboxylic acids is 1. The molecule has 1 aromatic heterocycles. The minimum atomic E-state index is 0.0310. The van der Waals surface area contributed by atoms with Crippen LogP contribution in [0.5, 0.6) is 0 Å². The number of hydrogen-bond donors (Lipinski definition) is 1. The first-order chi connectivity index (χ1) is 12.6. The Morgan fingerprint density at radius 2 is 2.12 bits per heavy atom. The van der Waals surface area contributed by atoms with Crippen LogP contribution in [-0.2, 0) is 17.9 Å². The maximum Gasteiger partial charge on any atom is 0.255 e. The predicted octanol–water partition coefficient (Wildman–Crippen LogP) is 2.60. The van der Waals surface area contributed by atoms with Gasteiger partial charge in [-0.15, -0.1) is 6.58 Å². The molecule has 0 bridgehead atoms. The van der Waals surface area contributed by atoms with Gasteiger partial charge in [-0.05, 0) is 49.9 Å². The minimum absolute atomic E-state index is 0.0310. The van der Waals surface area contributed by atoms with Crippen molar-refractivity contribution in [3.8, 4) is 0 Å². The molecule has 1 fully saturated rings. The standard InChI is InChI=1S/C21H27N3O2/c1-3-10-24-19-8-7-16(2)13-17(19)14-18(21(24)26)15-22-9-5-12-23-11-4-6-20(23)25/h3,7-8,13-14,22H,1,4-6,9-12,15H2,2H3. The van der Waals surface area contributed by atoms with Gasteiger partial charge in [0.25, 0.3) is 5.56 Å². The molecule has 5 nitrogen and oxygen atoms in total. The molecule has 1 aromatic carbocycles. The highest BCUT2D eigenvalue weighted by atomic mass is 16.2. The topological polar surface area (TPSA) is 54.3 Å². The zero-order chi connectivity index (χ0) is 18.5. The van der Waals surface area contributed by atoms with E-state index in [-0.39, 0.29) is 11.5 Å². The molecule has 1 amide bonds. The quantitative estimate of drug-likeness (QED) is 0.586. The Hall–Kier alpha value is -2.40. The minimum Gasteiger partial charge on any atom is -0.343 e. The van der Waals surface area contributed by atoms with Crippen LogP contribution in [0.15, 0.2) is 41.7 Å². The molecule has 0 spiro atoms. The smallest absolute Gasteiger partial charge is 0.255 e. The second kappa shape index (κ2) is 8.32. The first kappa shape index (κ1) is 18.4. The first-order valence-electron chi connectivity index (χ1n) is 9.32. The number of aromatic nitrogens is 1. The molecule has 1 aliphatic rings. The van der Waals surface area contributed by atoms with E-state index in [1.54, 1.807) is 10.6 Å². The van der Waals surface area contributed by atoms with E-state index in [1.807, 2.05) is 23.1 Å². The van der Waals surface area contributed by atoms with Crippen molar-refractivity contribution in [2.75, 3.05) is 19.6 Å². The van der Waals surface area contributed by atoms with Gasteiger partial charge in [0.05, 0.1) is 5.52 Å². The van der Waals surface area contributed by atoms with Crippen LogP contribution < -0.4 is 10.9 Å². The Balaban J connectivity index is 1.67. The zero-order valence-corrected chi connectivity index (χ0v) is 15.5. The van der Waals surface area contributed by atoms with Crippen molar-refractivity contribution in [1.29, 1.82) is 0 Å². The number of fused-ring (bicyclic) bond motifs is 1. The van der Waals surface area contributed by atoms with Crippen LogP contribution in [0.25, 0.3) is 10.9 Å². The average Bonchev–Trinajstić information content (AvgIpc) is 3.03. The summed E-state index contributed by atoms with van der Waals surface area (Å²) in [6.45, 7) is 9.34. The zero-order valence-electron chi connectivity index (χ0n) is 15.5. The number of carbonyl (C=O) groups is 1. The predicted molar refractivity (Wildman–Crippen MR) is 105 cm³/mol. The van der Waals surface area contributed by atoms with Crippen LogP contribution >= 0.6 is 0 Å². The SMILES string of the molecule is C=CCn1c(=O)c(CNCCCN2CCCC2=O)cc2cc(C)ccc21. The highest BCUT2D eigenvalue weighted by Gasteiger charge is 2.18. The summed E-state index contributed by atoms with van der Waals surface area (Å²) < 4.78 is 1.78. The molecular formula is C21H27N3O2. The Morgan fingerprint density at radius 1 is 1.27 bits per heavy atom. The third kappa shape index (κ3) is 4.05. The molecule has 0 saturated carbocycles. The first-order valence-corrected chi connectivity index (χ1v) is 9.32. The van der Waals surface area contributed by atoms with Gasteiger partial charge >= 0.3 is 0 Å². The van der Waals surface area contributed by atoms with Gasteiger partial charge in [-0.2, -0.15) is 0 Å². The number of nitrogens with zero attached hydrogens (tertiary/aromatic N) is 2. The molecular weight excluding hydrogens is 326 g/mol. The number of rotatable bonds is 8. The van der Waals surface area contributed by atoms with E-state index in [0.29, 0.717) is 19.5 Å². The molecule has 0 aliphatic carbocycles. The van der Waals surface area contributed by atoms with E-state index in [1.165, 1.54) is 5.56 Å². The summed E-state index contributed by atoms with van der Waals surface area (Å²) in [4.78, 5) is 26.3. The third-order valence-electron chi connectivity index (χ3n) is 4.90. The number of allylic oxidation sites excluding steroid dienone is 1. The Morgan fingerprint density at radius 3 is 2.85 bits per heavy atom. The summed E-state index contributed by atoms with van der Waals surface area (Å²) in [7, 11) is 0. The van der Waals surface area contributed by atoms with Crippen molar-refractivity contribution >= 4 is 16.8 Å². The monoisotopic (exact) mass is 353 g/mol. The molecule has 1 aliphatic heterocycles. The van der Waals surface area contributed by atoms with Gasteiger partial charge in [0, 0.05) is 38.2 Å². The maximum absolute atomic E-state index is 12.8. The molecule has 0 unspecified atom stereocenters. The van der Waals surface area contributed by atoms with Crippen LogP contribution in [-0.4, -0.2) is 35.0 Å². The normalized spacial score (nSPS) is 14.3. The fraction of sp³-hybridized carbons (Fsp3) is 0.429. The van der Waals surface area contributed by atoms with Gasteiger partial charge in [-0.1, -0.05) is 17.7 Å². The summed E-state index contributed by atoms with van der Waals surface area (Å²) >= 11 is 0. The largest absolute Gasteiger partial charge is 0.343 e. The van der Waals surface area contributed by atoms with Gasteiger partial charge < -0.3 is 14.8 Å². The second-order valence-electron chi connectivity index (χ2n) is 6.95. The molecule has 1 saturated heterocycles. The summed E-state index contributed by atoms with van der Waals surface area (Å²) in [5, 5.41) is 4.43. The molecule has 2 aromatic rings. The lowest BCUT2D eigenvalue weighted by Crippen LogP contribution is -2.30. The summed E-state index contributed by atoms with van der Waals surface area (Å²) in [5.41, 5.74) is 2.91. The Bertz CT molecular complexity index is 869. The highest BCUT2D eigenvalue weighted by Crippen LogP contribution is 2.16. The van der Waals surface area contributed by atoms with Crippen LogP contribution in [0.4, 0.5) is 0 Å². The van der Waals surface area contributed by atoms with Crippen molar-refractivity contribution in [1.82, 2.24) is 14.8 Å². The van der Waals surface area contributed by atoms with Crippen LogP contribution in [0.2, 0.25) is 0 Å². The van der Waals surface area contributed by atoms with Gasteiger partial charge in [0.2, 0.25) is 5.91 Å². The van der Waals surface area contributed by atoms with Gasteiger partial charge in [-0.25, -0.2) is 0 Å². The summed E-state index contributed by atoms with van der Waals surface area (Å²) in [6, 6.07) is 8.12. The third-order valence-corrected chi connectivity index (χ3v) is 4.90. The number of benzene rings is 1. The highest BCUT2D eigenvalue weighted by molar-refractivity contribution is 5.80. The van der Waals surface area contributed by atoms with Crippen LogP contribution in [0.1, 0.15) is 30.4 Å². The van der Waals surface area contributed by atoms with E-state index >= 15 is 0 Å². The second-order valence-corrected chi connectivity index (χ2v) is 6.95. The van der Waals surface area contributed by atoms with Gasteiger partial charge in [-0.3, -0.25) is 9.59 Å². The van der Waals surface area contributed by atoms with E-state index < -0.39 is 0 Å². The Kier molecular flexibility index (Phi) is 5.89. The average molecular weight is 353 g/mol. The maximum atomic E-state index is 12.8. The van der Waals surface area contributed by atoms with Gasteiger partial charge in [0.1, 0.15) is 0 Å². The number of hydrogen-bond acceptors (Lipinski definition) is 3. The van der Waals surface area contributed by atoms with Crippen molar-refractivity contribution in [2.24, 2.45) is 0 Å². The number of aryl methyl sites for hydroxylation is 1. The molecule has 5 heteroatoms. The number of amides is 1. The van der Waals surface area contributed by atoms with Crippen molar-refractivity contribution in [2.45, 2.75) is 39.3 Å². The molecule has 3 rings (SSSR count). The lowest BCUT2D eigenvalue weighted by molar-refractivity contribution is -0.127. The lowest BCUT2D eigenvalue weighted by Gasteiger charge is -2.15. The summed E-state index contributed by atoms with van der Waals surface area (Å²) in [6.07, 6.45) is 4.32. The van der Waals surface area contributed by atoms with Crippen molar-refractivity contribution < 1.29 is 4.79 Å². The van der Waals surface area contributed by atoms with Crippen molar-refractivity contribution in [3.63, 3.8) is 0 Å². The molecule has 1 N–H and O–H groups in total. The van der Waals surface area contributed by atoms with Crippen LogP contribution in [0.3, 0.4) is 0 Å². The lowest BCUT2D eigenvalue weighted by atomic mass is 10.1. The van der Waals surface area contributed by atoms with E-state index in [9.17, 15) is 9.59 Å². The number of nitrogens with one attached hydrogen (secondary N) is 1. The fourth-order valence-electron chi connectivity index (χ4n) is 3.56. The summed E-state index contributed by atoms with van der Waals surface area (Å²) in [5.74, 6) is 0.266. The molecule has 2 heterocycles. The van der Waals surface area contributed by atoms with Crippen LogP contribution in [0, 0.1) is 6.92 Å². The van der Waals surface area contributed by atoms with Crippen molar-refractivity contribution in [3.05, 3.63) is 58.4 Å². The van der Waals surface area contributed by atoms with E-state index in [0.717, 1.165) is 48.9 Å². The Labute approximate surface area is 154 Å². The molecule has 0 radical (unpaired) electrons. The molecule has 26 heavy (non-hydrogen) atoms. The number of likely N-dealkylation sites (tertiary alicyclic amines) is 1. The number of pyridine rings is 1. The fourth-order valence-corrected chi connectivity index (χ4v) is 3.56. The molecule has 138 valence electrons.